The van der Waals surface area contributed by atoms with Gasteiger partial charge in [-0.3, -0.25) is 19.6 Å². The summed E-state index contributed by atoms with van der Waals surface area (Å²) < 4.78 is 0. The van der Waals surface area contributed by atoms with Crippen LogP contribution in [0.15, 0.2) is 73.1 Å². The van der Waals surface area contributed by atoms with E-state index < -0.39 is 5.41 Å². The normalized spacial score (nSPS) is 11.5. The van der Waals surface area contributed by atoms with Gasteiger partial charge in [0.1, 0.15) is 0 Å². The molecular weight excluding hydrogens is 436 g/mol. The van der Waals surface area contributed by atoms with E-state index in [-0.39, 0.29) is 11.8 Å². The van der Waals surface area contributed by atoms with E-state index >= 15 is 0 Å². The summed E-state index contributed by atoms with van der Waals surface area (Å²) in [5, 5.41) is 7.87. The summed E-state index contributed by atoms with van der Waals surface area (Å²) in [6, 6.07) is 18.9. The third kappa shape index (κ3) is 4.61. The molecule has 2 aromatic carbocycles. The average Bonchev–Trinajstić information content (AvgIpc) is 2.89. The highest BCUT2D eigenvalue weighted by Gasteiger charge is 2.51. The van der Waals surface area contributed by atoms with Crippen LogP contribution >= 0.6 is 0 Å². The lowest BCUT2D eigenvalue weighted by atomic mass is 9.71. The number of nitrogens with one attached hydrogen (secondary N) is 2. The van der Waals surface area contributed by atoms with Gasteiger partial charge in [-0.15, -0.1) is 0 Å². The molecule has 0 aliphatic carbocycles. The molecule has 180 valence electrons. The predicted octanol–water partition coefficient (Wildman–Crippen LogP) is 4.90. The van der Waals surface area contributed by atoms with Crippen LogP contribution in [0.4, 0.5) is 0 Å². The Morgan fingerprint density at radius 1 is 0.686 bits per heavy atom. The highest BCUT2D eigenvalue weighted by atomic mass is 16.2. The molecule has 2 aromatic heterocycles. The van der Waals surface area contributed by atoms with Crippen LogP contribution in [0.1, 0.15) is 50.7 Å². The van der Waals surface area contributed by atoms with Crippen LogP contribution in [0.2, 0.25) is 0 Å². The molecule has 0 fully saturated rings. The van der Waals surface area contributed by atoms with Crippen LogP contribution in [-0.2, 0) is 15.0 Å². The SMILES string of the molecule is CCCCNC(=O)C(C(=O)NCCCC)(c1cccc2cccnc12)c1cccc2cccnc12. The molecule has 2 heterocycles. The second-order valence-electron chi connectivity index (χ2n) is 8.73. The molecule has 6 nitrogen and oxygen atoms in total. The Kier molecular flexibility index (Phi) is 7.70. The van der Waals surface area contributed by atoms with E-state index in [1.54, 1.807) is 12.4 Å². The van der Waals surface area contributed by atoms with Crippen molar-refractivity contribution in [2.75, 3.05) is 13.1 Å². The molecule has 0 aliphatic rings. The number of pyridine rings is 2. The van der Waals surface area contributed by atoms with Crippen molar-refractivity contribution in [2.24, 2.45) is 0 Å². The van der Waals surface area contributed by atoms with Crippen molar-refractivity contribution in [3.05, 3.63) is 84.2 Å². The summed E-state index contributed by atoms with van der Waals surface area (Å²) in [5.41, 5.74) is 0.690. The molecule has 0 atom stereocenters. The van der Waals surface area contributed by atoms with Crippen LogP contribution in [0, 0.1) is 0 Å². The van der Waals surface area contributed by atoms with Crippen molar-refractivity contribution >= 4 is 33.6 Å². The second-order valence-corrected chi connectivity index (χ2v) is 8.73. The van der Waals surface area contributed by atoms with Crippen molar-refractivity contribution in [2.45, 2.75) is 44.9 Å². The molecule has 0 saturated carbocycles. The number of amides is 2. The number of hydrogen-bond donors (Lipinski definition) is 2. The molecule has 4 aromatic rings. The van der Waals surface area contributed by atoms with Gasteiger partial charge in [0.15, 0.2) is 5.41 Å². The molecule has 0 radical (unpaired) electrons. The molecule has 0 aliphatic heterocycles. The lowest BCUT2D eigenvalue weighted by Crippen LogP contribution is -2.56. The first-order valence-corrected chi connectivity index (χ1v) is 12.4. The van der Waals surface area contributed by atoms with Gasteiger partial charge >= 0.3 is 0 Å². The monoisotopic (exact) mass is 468 g/mol. The van der Waals surface area contributed by atoms with Crippen molar-refractivity contribution in [1.29, 1.82) is 0 Å². The zero-order valence-electron chi connectivity index (χ0n) is 20.4. The number of para-hydroxylation sites is 2. The topological polar surface area (TPSA) is 84.0 Å². The molecule has 4 rings (SSSR count). The van der Waals surface area contributed by atoms with E-state index in [1.807, 2.05) is 60.7 Å². The maximum Gasteiger partial charge on any atom is 0.244 e. The van der Waals surface area contributed by atoms with Crippen LogP contribution in [-0.4, -0.2) is 34.9 Å². The highest BCUT2D eigenvalue weighted by Crippen LogP contribution is 2.39. The first-order valence-electron chi connectivity index (χ1n) is 12.4. The largest absolute Gasteiger partial charge is 0.355 e. The van der Waals surface area contributed by atoms with Gasteiger partial charge < -0.3 is 10.6 Å². The van der Waals surface area contributed by atoms with Gasteiger partial charge in [-0.1, -0.05) is 75.2 Å². The van der Waals surface area contributed by atoms with Crippen LogP contribution in [0.5, 0.6) is 0 Å². The lowest BCUT2D eigenvalue weighted by Gasteiger charge is -2.33. The number of rotatable bonds is 10. The fraction of sp³-hybridized carbons (Fsp3) is 0.310. The molecule has 2 amide bonds. The van der Waals surface area contributed by atoms with Crippen molar-refractivity contribution in [1.82, 2.24) is 20.6 Å². The van der Waals surface area contributed by atoms with E-state index in [0.717, 1.165) is 36.5 Å². The average molecular weight is 469 g/mol. The number of hydrogen-bond acceptors (Lipinski definition) is 4. The van der Waals surface area contributed by atoms with E-state index in [9.17, 15) is 9.59 Å². The summed E-state index contributed by atoms with van der Waals surface area (Å²) in [5.74, 6) is -0.729. The summed E-state index contributed by atoms with van der Waals surface area (Å²) in [7, 11) is 0. The number of benzene rings is 2. The number of carbonyl (C=O) groups is 2. The van der Waals surface area contributed by atoms with Gasteiger partial charge in [-0.05, 0) is 25.0 Å². The standard InChI is InChI=1S/C29H32N4O2/c1-3-5-17-32-27(34)29(28(35)33-18-6-4-2,23-15-7-11-21-13-9-19-30-25(21)23)24-16-8-12-22-14-10-20-31-26(22)24/h7-16,19-20H,3-6,17-18H2,1-2H3,(H,32,34)(H,33,35). The fourth-order valence-electron chi connectivity index (χ4n) is 4.57. The van der Waals surface area contributed by atoms with Crippen LogP contribution < -0.4 is 10.6 Å². The van der Waals surface area contributed by atoms with Gasteiger partial charge in [0.25, 0.3) is 0 Å². The Morgan fingerprint density at radius 3 is 1.54 bits per heavy atom. The van der Waals surface area contributed by atoms with Gasteiger partial charge in [-0.2, -0.15) is 0 Å². The molecule has 2 N–H and O–H groups in total. The number of unbranched alkanes of at least 4 members (excludes halogenated alkanes) is 2. The molecular formula is C29H32N4O2. The Labute approximate surface area is 206 Å². The second kappa shape index (κ2) is 11.1. The Bertz CT molecular complexity index is 1220. The minimum absolute atomic E-state index is 0.365. The van der Waals surface area contributed by atoms with Gasteiger partial charge in [0, 0.05) is 47.4 Å². The van der Waals surface area contributed by atoms with E-state index in [2.05, 4.69) is 34.4 Å². The van der Waals surface area contributed by atoms with Crippen molar-refractivity contribution in [3.63, 3.8) is 0 Å². The Hall–Kier alpha value is -3.80. The third-order valence-electron chi connectivity index (χ3n) is 6.39. The first kappa shape index (κ1) is 24.3. The fourth-order valence-corrected chi connectivity index (χ4v) is 4.57. The predicted molar refractivity (Wildman–Crippen MR) is 140 cm³/mol. The zero-order valence-corrected chi connectivity index (χ0v) is 20.4. The summed E-state index contributed by atoms with van der Waals surface area (Å²) >= 11 is 0. The quantitative estimate of drug-likeness (QED) is 0.256. The van der Waals surface area contributed by atoms with Crippen LogP contribution in [0.3, 0.4) is 0 Å². The Morgan fingerprint density at radius 2 is 1.11 bits per heavy atom. The minimum Gasteiger partial charge on any atom is -0.355 e. The van der Waals surface area contributed by atoms with Crippen molar-refractivity contribution in [3.8, 4) is 0 Å². The zero-order chi connectivity index (χ0) is 24.7. The van der Waals surface area contributed by atoms with Gasteiger partial charge in [0.05, 0.1) is 11.0 Å². The van der Waals surface area contributed by atoms with Gasteiger partial charge in [0.2, 0.25) is 11.8 Å². The minimum atomic E-state index is -1.66. The molecule has 6 heteroatoms. The maximum atomic E-state index is 14.3. The van der Waals surface area contributed by atoms with E-state index in [1.165, 1.54) is 0 Å². The Balaban J connectivity index is 2.06. The van der Waals surface area contributed by atoms with Crippen LogP contribution in [0.25, 0.3) is 21.8 Å². The highest BCUT2D eigenvalue weighted by molar-refractivity contribution is 6.18. The molecule has 0 bridgehead atoms. The number of carbonyl (C=O) groups excluding carboxylic acids is 2. The van der Waals surface area contributed by atoms with Crippen molar-refractivity contribution < 1.29 is 9.59 Å². The number of fused-ring (bicyclic) bond motifs is 2. The summed E-state index contributed by atoms with van der Waals surface area (Å²) in [6.45, 7) is 5.10. The summed E-state index contributed by atoms with van der Waals surface area (Å²) in [6.07, 6.45) is 6.90. The van der Waals surface area contributed by atoms with E-state index in [0.29, 0.717) is 35.2 Å². The lowest BCUT2D eigenvalue weighted by molar-refractivity contribution is -0.135. The maximum absolute atomic E-state index is 14.3. The van der Waals surface area contributed by atoms with Gasteiger partial charge in [-0.25, -0.2) is 0 Å². The number of aromatic nitrogens is 2. The molecule has 35 heavy (non-hydrogen) atoms. The smallest absolute Gasteiger partial charge is 0.244 e. The molecule has 0 unspecified atom stereocenters. The summed E-state index contributed by atoms with van der Waals surface area (Å²) in [4.78, 5) is 37.8. The molecule has 0 saturated heterocycles. The van der Waals surface area contributed by atoms with E-state index in [4.69, 9.17) is 0 Å². The molecule has 0 spiro atoms. The number of nitrogens with zero attached hydrogens (tertiary/aromatic N) is 2. The first-order chi connectivity index (χ1) is 17.1. The third-order valence-corrected chi connectivity index (χ3v) is 6.39.